The second kappa shape index (κ2) is 16.1. The van der Waals surface area contributed by atoms with Crippen LogP contribution >= 0.6 is 23.2 Å². The molecule has 2 aliphatic rings. The molecule has 0 aromatic heterocycles. The van der Waals surface area contributed by atoms with Gasteiger partial charge in [0.1, 0.15) is 6.04 Å². The van der Waals surface area contributed by atoms with Gasteiger partial charge in [-0.3, -0.25) is 14.5 Å². The molecule has 0 aliphatic carbocycles. The molecule has 2 aliphatic heterocycles. The normalized spacial score (nSPS) is 18.3. The summed E-state index contributed by atoms with van der Waals surface area (Å²) in [5, 5.41) is 8.03. The van der Waals surface area contributed by atoms with E-state index in [4.69, 9.17) is 23.2 Å². The summed E-state index contributed by atoms with van der Waals surface area (Å²) in [6, 6.07) is 23.3. The first kappa shape index (κ1) is 33.4. The smallest absolute Gasteiger partial charge is 0.245 e. The standard InChI is InChI=1S/C36H45Cl2N5O2/c1-3-41(4-2)25-34(30-11-7-8-12-31(30)38)42-19-21-43(22-20-42)36(45)33(23-26-13-15-28(37)16-14-26)40-35(44)24-32-29-10-6-5-9-27(29)17-18-39-32/h5-16,32-34,39H,3-4,17-25H2,1-2H3,(H,40,44)/t32-,33+,34?/m0/s1. The zero-order valence-electron chi connectivity index (χ0n) is 26.4. The lowest BCUT2D eigenvalue weighted by Crippen LogP contribution is -2.56. The van der Waals surface area contributed by atoms with Gasteiger partial charge >= 0.3 is 0 Å². The SMILES string of the molecule is CCN(CC)CC(c1ccccc1Cl)N1CCN(C(=O)[C@@H](Cc2ccc(Cl)cc2)NC(=O)C[C@@H]2NCCc3ccccc32)CC1. The van der Waals surface area contributed by atoms with Crippen LogP contribution in [-0.4, -0.2) is 84.9 Å². The maximum absolute atomic E-state index is 14.1. The van der Waals surface area contributed by atoms with Crippen LogP contribution in [0.5, 0.6) is 0 Å². The minimum Gasteiger partial charge on any atom is -0.344 e. The summed E-state index contributed by atoms with van der Waals surface area (Å²) < 4.78 is 0. The number of nitrogens with zero attached hydrogens (tertiary/aromatic N) is 3. The molecule has 7 nitrogen and oxygen atoms in total. The second-order valence-corrected chi connectivity index (χ2v) is 12.8. The number of rotatable bonds is 12. The molecule has 0 spiro atoms. The number of benzene rings is 3. The van der Waals surface area contributed by atoms with Gasteiger partial charge in [0.15, 0.2) is 0 Å². The molecular formula is C36H45Cl2N5O2. The molecule has 45 heavy (non-hydrogen) atoms. The number of likely N-dealkylation sites (N-methyl/N-ethyl adjacent to an activating group) is 1. The van der Waals surface area contributed by atoms with E-state index in [9.17, 15) is 9.59 Å². The Labute approximate surface area is 277 Å². The molecular weight excluding hydrogens is 605 g/mol. The molecule has 3 aromatic rings. The summed E-state index contributed by atoms with van der Waals surface area (Å²) in [5.74, 6) is -0.179. The van der Waals surface area contributed by atoms with Crippen LogP contribution in [0.25, 0.3) is 0 Å². The lowest BCUT2D eigenvalue weighted by atomic mass is 9.92. The second-order valence-electron chi connectivity index (χ2n) is 12.0. The van der Waals surface area contributed by atoms with Gasteiger partial charge in [0.25, 0.3) is 0 Å². The minimum absolute atomic E-state index is 0.0482. The van der Waals surface area contributed by atoms with E-state index < -0.39 is 6.04 Å². The highest BCUT2D eigenvalue weighted by atomic mass is 35.5. The molecule has 3 atom stereocenters. The van der Waals surface area contributed by atoms with Gasteiger partial charge in [-0.05, 0) is 66.5 Å². The summed E-state index contributed by atoms with van der Waals surface area (Å²) in [7, 11) is 0. The first-order chi connectivity index (χ1) is 21.9. The van der Waals surface area contributed by atoms with E-state index in [-0.39, 0.29) is 30.3 Å². The van der Waals surface area contributed by atoms with Crippen LogP contribution in [0.3, 0.4) is 0 Å². The third-order valence-electron chi connectivity index (χ3n) is 9.25. The number of nitrogens with one attached hydrogen (secondary N) is 2. The van der Waals surface area contributed by atoms with Crippen LogP contribution in [0.15, 0.2) is 72.8 Å². The average molecular weight is 651 g/mol. The monoisotopic (exact) mass is 649 g/mol. The molecule has 0 radical (unpaired) electrons. The molecule has 5 rings (SSSR count). The Balaban J connectivity index is 1.28. The van der Waals surface area contributed by atoms with Crippen LogP contribution in [0.2, 0.25) is 10.0 Å². The quantitative estimate of drug-likeness (QED) is 0.270. The summed E-state index contributed by atoms with van der Waals surface area (Å²) in [6.45, 7) is 10.6. The number of piperazine rings is 1. The van der Waals surface area contributed by atoms with Crippen LogP contribution in [0.1, 0.15) is 54.6 Å². The highest BCUT2D eigenvalue weighted by Crippen LogP contribution is 2.30. The Morgan fingerprint density at radius 2 is 1.62 bits per heavy atom. The third kappa shape index (κ3) is 8.66. The van der Waals surface area contributed by atoms with Crippen molar-refractivity contribution < 1.29 is 9.59 Å². The lowest BCUT2D eigenvalue weighted by molar-refractivity contribution is -0.138. The summed E-state index contributed by atoms with van der Waals surface area (Å²) in [6.07, 6.45) is 1.63. The fraction of sp³-hybridized carbons (Fsp3) is 0.444. The van der Waals surface area contributed by atoms with E-state index in [1.165, 1.54) is 5.56 Å². The molecule has 0 saturated carbocycles. The van der Waals surface area contributed by atoms with E-state index in [2.05, 4.69) is 52.5 Å². The maximum atomic E-state index is 14.1. The Morgan fingerprint density at radius 3 is 2.33 bits per heavy atom. The molecule has 1 fully saturated rings. The highest BCUT2D eigenvalue weighted by Gasteiger charge is 2.33. The van der Waals surface area contributed by atoms with Crippen molar-refractivity contribution in [2.45, 2.75) is 51.2 Å². The van der Waals surface area contributed by atoms with E-state index in [1.54, 1.807) is 0 Å². The Morgan fingerprint density at radius 1 is 0.933 bits per heavy atom. The minimum atomic E-state index is -0.668. The van der Waals surface area contributed by atoms with Crippen LogP contribution in [-0.2, 0) is 22.4 Å². The number of hydrogen-bond acceptors (Lipinski definition) is 5. The first-order valence-electron chi connectivity index (χ1n) is 16.2. The molecule has 1 unspecified atom stereocenters. The number of amides is 2. The van der Waals surface area contributed by atoms with Crippen molar-refractivity contribution >= 4 is 35.0 Å². The number of carbonyl (C=O) groups excluding carboxylic acids is 2. The molecule has 9 heteroatoms. The van der Waals surface area contributed by atoms with Crippen molar-refractivity contribution in [1.82, 2.24) is 25.3 Å². The lowest BCUT2D eigenvalue weighted by Gasteiger charge is -2.42. The summed E-state index contributed by atoms with van der Waals surface area (Å²) >= 11 is 12.8. The van der Waals surface area contributed by atoms with Gasteiger partial charge in [0.2, 0.25) is 11.8 Å². The fourth-order valence-electron chi connectivity index (χ4n) is 6.63. The van der Waals surface area contributed by atoms with Crippen molar-refractivity contribution in [1.29, 1.82) is 0 Å². The number of hydrogen-bond donors (Lipinski definition) is 2. The first-order valence-corrected chi connectivity index (χ1v) is 17.0. The number of fused-ring (bicyclic) bond motifs is 1. The summed E-state index contributed by atoms with van der Waals surface area (Å²) in [4.78, 5) is 34.3. The molecule has 0 bridgehead atoms. The van der Waals surface area contributed by atoms with Gasteiger partial charge in [-0.1, -0.05) is 91.6 Å². The van der Waals surface area contributed by atoms with Gasteiger partial charge in [-0.25, -0.2) is 0 Å². The van der Waals surface area contributed by atoms with Crippen molar-refractivity contribution in [2.75, 3.05) is 52.4 Å². The zero-order valence-corrected chi connectivity index (χ0v) is 27.9. The van der Waals surface area contributed by atoms with Gasteiger partial charge in [-0.15, -0.1) is 0 Å². The van der Waals surface area contributed by atoms with Gasteiger partial charge in [0, 0.05) is 67.7 Å². The molecule has 2 amide bonds. The van der Waals surface area contributed by atoms with Crippen molar-refractivity contribution in [2.24, 2.45) is 0 Å². The van der Waals surface area contributed by atoms with Crippen LogP contribution in [0, 0.1) is 0 Å². The molecule has 2 heterocycles. The van der Waals surface area contributed by atoms with Gasteiger partial charge in [-0.2, -0.15) is 0 Å². The van der Waals surface area contributed by atoms with Crippen molar-refractivity contribution in [3.63, 3.8) is 0 Å². The maximum Gasteiger partial charge on any atom is 0.245 e. The predicted octanol–water partition coefficient (Wildman–Crippen LogP) is 5.53. The van der Waals surface area contributed by atoms with E-state index in [0.29, 0.717) is 24.5 Å². The topological polar surface area (TPSA) is 67.9 Å². The Bertz CT molecular complexity index is 1420. The van der Waals surface area contributed by atoms with Gasteiger partial charge < -0.3 is 20.4 Å². The van der Waals surface area contributed by atoms with Gasteiger partial charge in [0.05, 0.1) is 0 Å². The van der Waals surface area contributed by atoms with Crippen molar-refractivity contribution in [3.8, 4) is 0 Å². The molecule has 2 N–H and O–H groups in total. The van der Waals surface area contributed by atoms with Crippen molar-refractivity contribution in [3.05, 3.63) is 105 Å². The molecule has 1 saturated heterocycles. The molecule has 3 aromatic carbocycles. The molecule has 240 valence electrons. The number of carbonyl (C=O) groups is 2. The largest absolute Gasteiger partial charge is 0.344 e. The number of halogens is 2. The Hall–Kier alpha value is -2.94. The third-order valence-corrected chi connectivity index (χ3v) is 9.84. The highest BCUT2D eigenvalue weighted by molar-refractivity contribution is 6.31. The van der Waals surface area contributed by atoms with E-state index >= 15 is 0 Å². The average Bonchev–Trinajstić information content (AvgIpc) is 3.06. The van der Waals surface area contributed by atoms with Crippen LogP contribution < -0.4 is 10.6 Å². The fourth-order valence-corrected chi connectivity index (χ4v) is 7.01. The van der Waals surface area contributed by atoms with E-state index in [1.807, 2.05) is 59.5 Å². The zero-order chi connectivity index (χ0) is 31.8. The predicted molar refractivity (Wildman–Crippen MR) is 183 cm³/mol. The van der Waals surface area contributed by atoms with Crippen LogP contribution in [0.4, 0.5) is 0 Å². The van der Waals surface area contributed by atoms with E-state index in [0.717, 1.165) is 67.4 Å². The Kier molecular flexibility index (Phi) is 11.9. The summed E-state index contributed by atoms with van der Waals surface area (Å²) in [5.41, 5.74) is 4.51.